The van der Waals surface area contributed by atoms with Crippen LogP contribution in [-0.4, -0.2) is 34.7 Å². The lowest BCUT2D eigenvalue weighted by Gasteiger charge is -2.36. The summed E-state index contributed by atoms with van der Waals surface area (Å²) in [5.74, 6) is 1.97. The van der Waals surface area contributed by atoms with E-state index in [0.29, 0.717) is 29.9 Å². The quantitative estimate of drug-likeness (QED) is 0.605. The Morgan fingerprint density at radius 2 is 2.13 bits per heavy atom. The van der Waals surface area contributed by atoms with Gasteiger partial charge in [0.25, 0.3) is 5.89 Å². The van der Waals surface area contributed by atoms with Gasteiger partial charge in [0.2, 0.25) is 5.82 Å². The monoisotopic (exact) mass is 424 g/mol. The van der Waals surface area contributed by atoms with Gasteiger partial charge in [-0.05, 0) is 42.0 Å². The van der Waals surface area contributed by atoms with Crippen molar-refractivity contribution in [3.8, 4) is 16.5 Å². The third-order valence-corrected chi connectivity index (χ3v) is 5.83. The molecule has 0 aliphatic carbocycles. The lowest BCUT2D eigenvalue weighted by atomic mass is 9.94. The Balaban J connectivity index is 1.83. The summed E-state index contributed by atoms with van der Waals surface area (Å²) in [6.07, 6.45) is 0. The number of hydrogen-bond acceptors (Lipinski definition) is 6. The number of carbonyl (C=O) groups excluding carboxylic acids is 1. The van der Waals surface area contributed by atoms with Crippen LogP contribution in [0.4, 0.5) is 4.79 Å². The van der Waals surface area contributed by atoms with E-state index in [0.717, 1.165) is 21.7 Å². The molecular weight excluding hydrogens is 400 g/mol. The van der Waals surface area contributed by atoms with Crippen molar-refractivity contribution < 1.29 is 14.1 Å². The largest absolute Gasteiger partial charge is 0.497 e. The van der Waals surface area contributed by atoms with Crippen molar-refractivity contribution in [2.24, 2.45) is 5.92 Å². The van der Waals surface area contributed by atoms with E-state index in [4.69, 9.17) is 9.26 Å². The van der Waals surface area contributed by atoms with Gasteiger partial charge in [-0.3, -0.25) is 4.90 Å². The van der Waals surface area contributed by atoms with Crippen molar-refractivity contribution in [2.45, 2.75) is 26.8 Å². The van der Waals surface area contributed by atoms with Gasteiger partial charge in [-0.25, -0.2) is 4.79 Å². The molecule has 8 heteroatoms. The van der Waals surface area contributed by atoms with Crippen molar-refractivity contribution in [1.82, 2.24) is 20.4 Å². The second-order valence-corrected chi connectivity index (χ2v) is 8.51. The Morgan fingerprint density at radius 1 is 1.30 bits per heavy atom. The fraction of sp³-hybridized carbons (Fsp3) is 0.318. The maximum Gasteiger partial charge on any atom is 0.322 e. The highest BCUT2D eigenvalue weighted by molar-refractivity contribution is 7.13. The zero-order chi connectivity index (χ0) is 21.3. The third kappa shape index (κ3) is 3.82. The molecule has 2 amide bonds. The first kappa shape index (κ1) is 20.2. The number of benzene rings is 1. The van der Waals surface area contributed by atoms with Crippen LogP contribution < -0.4 is 10.1 Å². The number of urea groups is 1. The van der Waals surface area contributed by atoms with Gasteiger partial charge in [-0.1, -0.05) is 37.2 Å². The van der Waals surface area contributed by atoms with Crippen LogP contribution in [0.25, 0.3) is 16.3 Å². The molecule has 4 rings (SSSR count). The highest BCUT2D eigenvalue weighted by atomic mass is 32.1. The van der Waals surface area contributed by atoms with E-state index >= 15 is 0 Å². The fourth-order valence-corrected chi connectivity index (χ4v) is 4.20. The first-order valence-electron chi connectivity index (χ1n) is 9.78. The Bertz CT molecular complexity index is 1070. The SMILES string of the molecule is COc1cccc(C2NC(=O)N(CC(C)C)C(C)=C2c2nc(-c3cccs3)no2)c1. The lowest BCUT2D eigenvalue weighted by molar-refractivity contribution is 0.199. The van der Waals surface area contributed by atoms with Gasteiger partial charge in [0.15, 0.2) is 0 Å². The number of nitrogens with zero attached hydrogens (tertiary/aromatic N) is 3. The predicted octanol–water partition coefficient (Wildman–Crippen LogP) is 4.96. The Kier molecular flexibility index (Phi) is 5.59. The van der Waals surface area contributed by atoms with Crippen LogP contribution in [0.3, 0.4) is 0 Å². The van der Waals surface area contributed by atoms with Crippen molar-refractivity contribution in [1.29, 1.82) is 0 Å². The van der Waals surface area contributed by atoms with Crippen LogP contribution in [0.15, 0.2) is 52.0 Å². The van der Waals surface area contributed by atoms with Crippen LogP contribution in [0.1, 0.15) is 38.3 Å². The number of thiophene rings is 1. The number of rotatable bonds is 6. The molecule has 7 nitrogen and oxygen atoms in total. The maximum atomic E-state index is 12.9. The molecule has 0 spiro atoms. The number of methoxy groups -OCH3 is 1. The molecule has 0 fully saturated rings. The number of nitrogens with one attached hydrogen (secondary N) is 1. The van der Waals surface area contributed by atoms with Crippen molar-refractivity contribution in [2.75, 3.05) is 13.7 Å². The van der Waals surface area contributed by atoms with Gasteiger partial charge in [0.05, 0.1) is 23.6 Å². The Labute approximate surface area is 179 Å². The number of aromatic nitrogens is 2. The molecule has 0 bridgehead atoms. The summed E-state index contributed by atoms with van der Waals surface area (Å²) in [5.41, 5.74) is 2.48. The minimum Gasteiger partial charge on any atom is -0.497 e. The molecule has 1 aliphatic rings. The average Bonchev–Trinajstić information content (AvgIpc) is 3.42. The van der Waals surface area contributed by atoms with Crippen molar-refractivity contribution in [3.05, 3.63) is 58.9 Å². The zero-order valence-corrected chi connectivity index (χ0v) is 18.2. The van der Waals surface area contributed by atoms with Gasteiger partial charge < -0.3 is 14.6 Å². The number of allylic oxidation sites excluding steroid dienone is 1. The van der Waals surface area contributed by atoms with E-state index in [9.17, 15) is 4.79 Å². The lowest BCUT2D eigenvalue weighted by Crippen LogP contribution is -2.47. The predicted molar refractivity (Wildman–Crippen MR) is 116 cm³/mol. The second kappa shape index (κ2) is 8.31. The van der Waals surface area contributed by atoms with E-state index < -0.39 is 6.04 Å². The van der Waals surface area contributed by atoms with E-state index in [1.165, 1.54) is 0 Å². The molecule has 1 aliphatic heterocycles. The molecule has 3 heterocycles. The molecule has 0 radical (unpaired) electrons. The van der Waals surface area contributed by atoms with Crippen LogP contribution in [0, 0.1) is 5.92 Å². The summed E-state index contributed by atoms with van der Waals surface area (Å²) < 4.78 is 11.1. The molecule has 3 aromatic rings. The summed E-state index contributed by atoms with van der Waals surface area (Å²) in [7, 11) is 1.62. The highest BCUT2D eigenvalue weighted by Crippen LogP contribution is 2.38. The summed E-state index contributed by atoms with van der Waals surface area (Å²) in [5, 5.41) is 9.25. The van der Waals surface area contributed by atoms with Gasteiger partial charge in [-0.15, -0.1) is 11.3 Å². The molecule has 2 aromatic heterocycles. The Morgan fingerprint density at radius 3 is 2.83 bits per heavy atom. The van der Waals surface area contributed by atoms with Gasteiger partial charge in [-0.2, -0.15) is 4.98 Å². The molecule has 156 valence electrons. The highest BCUT2D eigenvalue weighted by Gasteiger charge is 2.36. The summed E-state index contributed by atoms with van der Waals surface area (Å²) in [4.78, 5) is 20.3. The maximum absolute atomic E-state index is 12.9. The standard InChI is InChI=1S/C22H24N4O3S/c1-13(2)12-26-14(3)18(21-24-20(25-29-21)17-9-6-10-30-17)19(23-22(26)27)15-7-5-8-16(11-15)28-4/h5-11,13,19H,12H2,1-4H3,(H,23,27). The first-order chi connectivity index (χ1) is 14.5. The minimum atomic E-state index is -0.423. The van der Waals surface area contributed by atoms with Gasteiger partial charge in [0, 0.05) is 12.2 Å². The van der Waals surface area contributed by atoms with Crippen LogP contribution in [0.2, 0.25) is 0 Å². The van der Waals surface area contributed by atoms with Crippen molar-refractivity contribution in [3.63, 3.8) is 0 Å². The van der Waals surface area contributed by atoms with Crippen LogP contribution in [-0.2, 0) is 0 Å². The molecular formula is C22H24N4O3S. The van der Waals surface area contributed by atoms with E-state index in [1.807, 2.05) is 48.7 Å². The average molecular weight is 425 g/mol. The second-order valence-electron chi connectivity index (χ2n) is 7.56. The van der Waals surface area contributed by atoms with Gasteiger partial charge >= 0.3 is 6.03 Å². The van der Waals surface area contributed by atoms with E-state index in [2.05, 4.69) is 29.3 Å². The normalized spacial score (nSPS) is 16.9. The van der Waals surface area contributed by atoms with Gasteiger partial charge in [0.1, 0.15) is 5.75 Å². The van der Waals surface area contributed by atoms with Crippen LogP contribution in [0.5, 0.6) is 5.75 Å². The smallest absolute Gasteiger partial charge is 0.322 e. The number of ether oxygens (including phenoxy) is 1. The molecule has 0 saturated heterocycles. The van der Waals surface area contributed by atoms with E-state index in [-0.39, 0.29) is 6.03 Å². The minimum absolute atomic E-state index is 0.143. The van der Waals surface area contributed by atoms with Crippen LogP contribution >= 0.6 is 11.3 Å². The van der Waals surface area contributed by atoms with Crippen molar-refractivity contribution >= 4 is 22.9 Å². The molecule has 1 aromatic carbocycles. The topological polar surface area (TPSA) is 80.5 Å². The zero-order valence-electron chi connectivity index (χ0n) is 17.4. The molecule has 0 saturated carbocycles. The number of hydrogen-bond donors (Lipinski definition) is 1. The fourth-order valence-electron chi connectivity index (χ4n) is 3.55. The van der Waals surface area contributed by atoms with E-state index in [1.54, 1.807) is 23.3 Å². The summed E-state index contributed by atoms with van der Waals surface area (Å²) in [6.45, 7) is 6.68. The molecule has 30 heavy (non-hydrogen) atoms. The summed E-state index contributed by atoms with van der Waals surface area (Å²) in [6, 6.07) is 11.0. The first-order valence-corrected chi connectivity index (χ1v) is 10.7. The summed E-state index contributed by atoms with van der Waals surface area (Å²) >= 11 is 1.55. The number of amides is 2. The Hall–Kier alpha value is -3.13. The third-order valence-electron chi connectivity index (χ3n) is 4.97. The number of carbonyl (C=O) groups is 1. The molecule has 1 unspecified atom stereocenters. The molecule has 1 N–H and O–H groups in total. The molecule has 1 atom stereocenters.